The molecule has 1 aliphatic heterocycles. The molecule has 1 fully saturated rings. The maximum absolute atomic E-state index is 11.9. The second-order valence-electron chi connectivity index (χ2n) is 7.51. The van der Waals surface area contributed by atoms with Gasteiger partial charge in [0.2, 0.25) is 11.8 Å². The summed E-state index contributed by atoms with van der Waals surface area (Å²) in [7, 11) is 0. The highest BCUT2D eigenvalue weighted by Crippen LogP contribution is 2.29. The topological polar surface area (TPSA) is 175 Å². The summed E-state index contributed by atoms with van der Waals surface area (Å²) in [4.78, 5) is 70.7. The van der Waals surface area contributed by atoms with Crippen molar-refractivity contribution in [2.45, 2.75) is 71.5 Å². The van der Waals surface area contributed by atoms with E-state index in [-0.39, 0.29) is 19.6 Å². The number of nitrogens with zero attached hydrogens (tertiary/aromatic N) is 1. The van der Waals surface area contributed by atoms with Gasteiger partial charge in [-0.05, 0) is 6.42 Å². The molecule has 1 saturated heterocycles. The van der Waals surface area contributed by atoms with Crippen molar-refractivity contribution in [3.05, 3.63) is 0 Å². The van der Waals surface area contributed by atoms with Crippen LogP contribution in [0.5, 0.6) is 0 Å². The van der Waals surface area contributed by atoms with Gasteiger partial charge in [0, 0.05) is 41.2 Å². The molecule has 186 valence electrons. The first kappa shape index (κ1) is 27.8. The predicted molar refractivity (Wildman–Crippen MR) is 109 cm³/mol. The molecule has 2 N–H and O–H groups in total. The molecular weight excluding hydrogens is 444 g/mol. The van der Waals surface area contributed by atoms with Crippen LogP contribution in [0, 0.1) is 0 Å². The van der Waals surface area contributed by atoms with Crippen LogP contribution in [0.25, 0.3) is 0 Å². The van der Waals surface area contributed by atoms with Crippen molar-refractivity contribution in [1.82, 2.24) is 10.2 Å². The molecular formula is C20H30N2O11. The van der Waals surface area contributed by atoms with E-state index in [0.717, 1.165) is 18.7 Å². The number of esters is 3. The summed E-state index contributed by atoms with van der Waals surface area (Å²) in [6.07, 6.45) is -4.39. The van der Waals surface area contributed by atoms with E-state index >= 15 is 0 Å². The molecule has 0 aliphatic carbocycles. The van der Waals surface area contributed by atoms with Crippen molar-refractivity contribution in [3.63, 3.8) is 0 Å². The summed E-state index contributed by atoms with van der Waals surface area (Å²) in [6, 6.07) is -1.01. The quantitative estimate of drug-likeness (QED) is 0.294. The highest BCUT2D eigenvalue weighted by molar-refractivity contribution is 5.79. The fraction of sp³-hybridized carbons (Fsp3) is 0.700. The minimum atomic E-state index is -1.22. The number of carbonyl (C=O) groups is 6. The lowest BCUT2D eigenvalue weighted by Crippen LogP contribution is -2.66. The molecule has 1 aliphatic rings. The zero-order valence-electron chi connectivity index (χ0n) is 19.2. The highest BCUT2D eigenvalue weighted by atomic mass is 16.6. The summed E-state index contributed by atoms with van der Waals surface area (Å²) in [5, 5.41) is 11.6. The second kappa shape index (κ2) is 12.7. The first-order chi connectivity index (χ1) is 15.3. The summed E-state index contributed by atoms with van der Waals surface area (Å²) in [6.45, 7) is 4.90. The number of carboxylic acids is 1. The molecule has 0 aromatic carbocycles. The third-order valence-electron chi connectivity index (χ3n) is 4.67. The third kappa shape index (κ3) is 9.43. The Kier molecular flexibility index (Phi) is 10.7. The van der Waals surface area contributed by atoms with Crippen molar-refractivity contribution < 1.29 is 52.8 Å². The molecule has 1 rings (SSSR count). The Hall–Kier alpha value is -3.22. The number of hydrogen-bond acceptors (Lipinski definition) is 10. The average molecular weight is 474 g/mol. The monoisotopic (exact) mass is 474 g/mol. The third-order valence-corrected chi connectivity index (χ3v) is 4.67. The van der Waals surface area contributed by atoms with E-state index in [9.17, 15) is 28.8 Å². The van der Waals surface area contributed by atoms with Gasteiger partial charge in [0.05, 0.1) is 12.1 Å². The SMILES string of the molecule is CC(=O)N[C@H]1[C@@H](OC(C)=O)[C@@H](OC(C)=O)[C@@H](COC(C)=O)O[C@H]1CCN(CC(=O)O)C(C)=O. The molecule has 0 unspecified atom stereocenters. The molecule has 1 heterocycles. The van der Waals surface area contributed by atoms with Crippen LogP contribution in [0.4, 0.5) is 0 Å². The number of aliphatic carboxylic acids is 1. The lowest BCUT2D eigenvalue weighted by atomic mass is 9.90. The minimum Gasteiger partial charge on any atom is -0.480 e. The number of amides is 2. The molecule has 33 heavy (non-hydrogen) atoms. The number of nitrogens with one attached hydrogen (secondary N) is 1. The Morgan fingerprint density at radius 1 is 0.879 bits per heavy atom. The van der Waals surface area contributed by atoms with Gasteiger partial charge in [-0.2, -0.15) is 0 Å². The van der Waals surface area contributed by atoms with Crippen LogP contribution in [0.2, 0.25) is 0 Å². The summed E-state index contributed by atoms with van der Waals surface area (Å²) < 4.78 is 21.6. The molecule has 0 radical (unpaired) electrons. The van der Waals surface area contributed by atoms with Crippen molar-refractivity contribution in [1.29, 1.82) is 0 Å². The first-order valence-electron chi connectivity index (χ1n) is 10.2. The zero-order chi connectivity index (χ0) is 25.3. The maximum atomic E-state index is 11.9. The van der Waals surface area contributed by atoms with Crippen LogP contribution in [0.15, 0.2) is 0 Å². The van der Waals surface area contributed by atoms with E-state index in [1.165, 1.54) is 20.8 Å². The van der Waals surface area contributed by atoms with E-state index in [1.54, 1.807) is 0 Å². The van der Waals surface area contributed by atoms with Gasteiger partial charge in [0.1, 0.15) is 19.3 Å². The molecule has 0 aromatic heterocycles. The van der Waals surface area contributed by atoms with E-state index in [4.69, 9.17) is 24.1 Å². The van der Waals surface area contributed by atoms with Crippen LogP contribution in [0.1, 0.15) is 41.0 Å². The molecule has 0 saturated carbocycles. The molecule has 0 aromatic rings. The van der Waals surface area contributed by atoms with Crippen LogP contribution >= 0.6 is 0 Å². The summed E-state index contributed by atoms with van der Waals surface area (Å²) in [5.41, 5.74) is 0. The van der Waals surface area contributed by atoms with Crippen LogP contribution < -0.4 is 5.32 Å². The van der Waals surface area contributed by atoms with Gasteiger partial charge in [-0.15, -0.1) is 0 Å². The molecule has 13 heteroatoms. The fourth-order valence-electron chi connectivity index (χ4n) is 3.47. The standard InChI is InChI=1S/C20H30N2O11/c1-10(23)21-18-15(6-7-22(11(2)24)8-17(28)29)33-16(9-30-12(3)25)19(31-13(4)26)20(18)32-14(5)27/h15-16,18-20H,6-9H2,1-5H3,(H,21,23)(H,28,29)/t15-,16+,18+,19-,20+/m0/s1. The number of carbonyl (C=O) groups excluding carboxylic acids is 5. The summed E-state index contributed by atoms with van der Waals surface area (Å²) in [5.74, 6) is -4.29. The van der Waals surface area contributed by atoms with E-state index in [1.807, 2.05) is 0 Å². The number of ether oxygens (including phenoxy) is 4. The minimum absolute atomic E-state index is 0.0267. The Bertz CT molecular complexity index is 769. The Morgan fingerprint density at radius 2 is 1.45 bits per heavy atom. The summed E-state index contributed by atoms with van der Waals surface area (Å²) >= 11 is 0. The van der Waals surface area contributed by atoms with Crippen molar-refractivity contribution in [2.24, 2.45) is 0 Å². The van der Waals surface area contributed by atoms with Gasteiger partial charge in [0.15, 0.2) is 12.2 Å². The molecule has 0 bridgehead atoms. The van der Waals surface area contributed by atoms with Crippen molar-refractivity contribution in [2.75, 3.05) is 19.7 Å². The van der Waals surface area contributed by atoms with E-state index < -0.39 is 72.7 Å². The van der Waals surface area contributed by atoms with Gasteiger partial charge in [-0.3, -0.25) is 28.8 Å². The first-order valence-corrected chi connectivity index (χ1v) is 10.2. The maximum Gasteiger partial charge on any atom is 0.323 e. The Labute approximate surface area is 190 Å². The average Bonchev–Trinajstić information content (AvgIpc) is 2.66. The molecule has 5 atom stereocenters. The Morgan fingerprint density at radius 3 is 1.91 bits per heavy atom. The van der Waals surface area contributed by atoms with Gasteiger partial charge in [-0.25, -0.2) is 0 Å². The normalized spacial score (nSPS) is 24.2. The van der Waals surface area contributed by atoms with Crippen molar-refractivity contribution in [3.8, 4) is 0 Å². The van der Waals surface area contributed by atoms with Gasteiger partial charge in [0.25, 0.3) is 0 Å². The van der Waals surface area contributed by atoms with Gasteiger partial charge < -0.3 is 34.3 Å². The number of carboxylic acid groups (broad SMARTS) is 1. The number of hydrogen-bond donors (Lipinski definition) is 2. The van der Waals surface area contributed by atoms with Crippen LogP contribution in [-0.4, -0.2) is 95.9 Å². The molecule has 13 nitrogen and oxygen atoms in total. The molecule has 0 spiro atoms. The smallest absolute Gasteiger partial charge is 0.323 e. The number of rotatable bonds is 10. The van der Waals surface area contributed by atoms with Gasteiger partial charge >= 0.3 is 23.9 Å². The van der Waals surface area contributed by atoms with Gasteiger partial charge in [-0.1, -0.05) is 0 Å². The second-order valence-corrected chi connectivity index (χ2v) is 7.51. The lowest BCUT2D eigenvalue weighted by Gasteiger charge is -2.45. The van der Waals surface area contributed by atoms with E-state index in [0.29, 0.717) is 0 Å². The zero-order valence-corrected chi connectivity index (χ0v) is 19.2. The highest BCUT2D eigenvalue weighted by Gasteiger charge is 2.50. The lowest BCUT2D eigenvalue weighted by molar-refractivity contribution is -0.224. The molecule has 2 amide bonds. The van der Waals surface area contributed by atoms with E-state index in [2.05, 4.69) is 5.32 Å². The Balaban J connectivity index is 3.31. The largest absolute Gasteiger partial charge is 0.480 e. The van der Waals surface area contributed by atoms with Crippen LogP contribution in [-0.2, 0) is 47.7 Å². The van der Waals surface area contributed by atoms with Crippen molar-refractivity contribution >= 4 is 35.7 Å². The van der Waals surface area contributed by atoms with Crippen LogP contribution in [0.3, 0.4) is 0 Å². The predicted octanol–water partition coefficient (Wildman–Crippen LogP) is -0.992. The fourth-order valence-corrected chi connectivity index (χ4v) is 3.47.